The van der Waals surface area contributed by atoms with Gasteiger partial charge in [0.15, 0.2) is 0 Å². The number of anilines is 1. The van der Waals surface area contributed by atoms with Gasteiger partial charge in [-0.2, -0.15) is 0 Å². The van der Waals surface area contributed by atoms with Crippen molar-refractivity contribution in [1.29, 1.82) is 0 Å². The molecule has 0 aliphatic carbocycles. The SMILES string of the molecule is CC(C)(C)c1ccccc1C(=O)Nc1cccc(S(N)(=O)=O)c1. The van der Waals surface area contributed by atoms with Gasteiger partial charge in [0, 0.05) is 11.3 Å². The van der Waals surface area contributed by atoms with Gasteiger partial charge in [-0.3, -0.25) is 4.79 Å². The minimum Gasteiger partial charge on any atom is -0.322 e. The van der Waals surface area contributed by atoms with Crippen molar-refractivity contribution in [1.82, 2.24) is 0 Å². The summed E-state index contributed by atoms with van der Waals surface area (Å²) in [6.45, 7) is 6.09. The lowest BCUT2D eigenvalue weighted by molar-refractivity contribution is 0.102. The second kappa shape index (κ2) is 6.14. The van der Waals surface area contributed by atoms with E-state index in [0.29, 0.717) is 11.3 Å². The summed E-state index contributed by atoms with van der Waals surface area (Å²) in [7, 11) is -3.81. The van der Waals surface area contributed by atoms with E-state index in [1.807, 2.05) is 32.9 Å². The van der Waals surface area contributed by atoms with Gasteiger partial charge in [0.05, 0.1) is 4.90 Å². The first kappa shape index (κ1) is 17.2. The summed E-state index contributed by atoms with van der Waals surface area (Å²) in [5.74, 6) is -0.290. The van der Waals surface area contributed by atoms with Crippen LogP contribution < -0.4 is 10.5 Å². The molecule has 0 aliphatic rings. The minimum absolute atomic E-state index is 0.0422. The highest BCUT2D eigenvalue weighted by atomic mass is 32.2. The number of amides is 1. The molecule has 6 heteroatoms. The number of sulfonamides is 1. The Labute approximate surface area is 136 Å². The molecule has 3 N–H and O–H groups in total. The van der Waals surface area contributed by atoms with Crippen LogP contribution in [0.1, 0.15) is 36.7 Å². The van der Waals surface area contributed by atoms with Crippen LogP contribution in [0, 0.1) is 0 Å². The molecule has 2 aromatic carbocycles. The fourth-order valence-electron chi connectivity index (χ4n) is 2.28. The molecule has 2 aromatic rings. The lowest BCUT2D eigenvalue weighted by atomic mass is 9.83. The van der Waals surface area contributed by atoms with Crippen LogP contribution in [0.15, 0.2) is 53.4 Å². The van der Waals surface area contributed by atoms with Crippen molar-refractivity contribution < 1.29 is 13.2 Å². The number of nitrogens with two attached hydrogens (primary N) is 1. The van der Waals surface area contributed by atoms with Gasteiger partial charge in [-0.1, -0.05) is 45.0 Å². The third kappa shape index (κ3) is 4.18. The normalized spacial score (nSPS) is 12.0. The molecule has 0 fully saturated rings. The van der Waals surface area contributed by atoms with Crippen molar-refractivity contribution in [3.63, 3.8) is 0 Å². The number of rotatable bonds is 3. The highest BCUT2D eigenvalue weighted by molar-refractivity contribution is 7.89. The van der Waals surface area contributed by atoms with Gasteiger partial charge in [0.2, 0.25) is 10.0 Å². The van der Waals surface area contributed by atoms with Crippen molar-refractivity contribution >= 4 is 21.6 Å². The van der Waals surface area contributed by atoms with E-state index in [1.165, 1.54) is 18.2 Å². The van der Waals surface area contributed by atoms with Crippen molar-refractivity contribution in [2.45, 2.75) is 31.1 Å². The molecule has 2 rings (SSSR count). The molecule has 0 saturated heterocycles. The number of hydrogen-bond acceptors (Lipinski definition) is 3. The van der Waals surface area contributed by atoms with E-state index in [2.05, 4.69) is 5.32 Å². The van der Waals surface area contributed by atoms with Gasteiger partial charge in [0.25, 0.3) is 5.91 Å². The molecule has 23 heavy (non-hydrogen) atoms. The minimum atomic E-state index is -3.81. The molecule has 0 heterocycles. The van der Waals surface area contributed by atoms with Gasteiger partial charge in [-0.15, -0.1) is 0 Å². The Balaban J connectivity index is 2.35. The topological polar surface area (TPSA) is 89.3 Å². The lowest BCUT2D eigenvalue weighted by Gasteiger charge is -2.22. The fraction of sp³-hybridized carbons (Fsp3) is 0.235. The number of benzene rings is 2. The summed E-state index contributed by atoms with van der Waals surface area (Å²) in [6, 6.07) is 13.2. The second-order valence-corrected chi connectivity index (χ2v) is 7.88. The van der Waals surface area contributed by atoms with Gasteiger partial charge < -0.3 is 5.32 Å². The molecule has 5 nitrogen and oxygen atoms in total. The summed E-state index contributed by atoms with van der Waals surface area (Å²) in [4.78, 5) is 12.5. The fourth-order valence-corrected chi connectivity index (χ4v) is 2.84. The smallest absolute Gasteiger partial charge is 0.255 e. The zero-order valence-electron chi connectivity index (χ0n) is 13.3. The van der Waals surface area contributed by atoms with E-state index in [-0.39, 0.29) is 16.2 Å². The first-order valence-corrected chi connectivity index (χ1v) is 8.67. The Kier molecular flexibility index (Phi) is 4.58. The van der Waals surface area contributed by atoms with Crippen LogP contribution in [0.2, 0.25) is 0 Å². The number of carbonyl (C=O) groups excluding carboxylic acids is 1. The molecular weight excluding hydrogens is 312 g/mol. The van der Waals surface area contributed by atoms with Gasteiger partial charge >= 0.3 is 0 Å². The molecule has 0 saturated carbocycles. The standard InChI is InChI=1S/C17H20N2O3S/c1-17(2,3)15-10-5-4-9-14(15)16(20)19-12-7-6-8-13(11-12)23(18,21)22/h4-11H,1-3H3,(H,19,20)(H2,18,21,22). The van der Waals surface area contributed by atoms with E-state index in [0.717, 1.165) is 5.56 Å². The molecule has 0 aromatic heterocycles. The molecule has 0 bridgehead atoms. The van der Waals surface area contributed by atoms with Crippen LogP contribution in [0.5, 0.6) is 0 Å². The molecular formula is C17H20N2O3S. The summed E-state index contributed by atoms with van der Waals surface area (Å²) < 4.78 is 22.8. The highest BCUT2D eigenvalue weighted by Crippen LogP contribution is 2.26. The van der Waals surface area contributed by atoms with Crippen molar-refractivity contribution in [2.75, 3.05) is 5.32 Å². The van der Waals surface area contributed by atoms with E-state index < -0.39 is 10.0 Å². The monoisotopic (exact) mass is 332 g/mol. The van der Waals surface area contributed by atoms with Gasteiger partial charge in [-0.05, 0) is 35.2 Å². The van der Waals surface area contributed by atoms with Crippen LogP contribution in [-0.2, 0) is 15.4 Å². The Morgan fingerprint density at radius 1 is 1.04 bits per heavy atom. The maximum atomic E-state index is 12.6. The Bertz CT molecular complexity index is 837. The highest BCUT2D eigenvalue weighted by Gasteiger charge is 2.21. The quantitative estimate of drug-likeness (QED) is 0.905. The number of nitrogens with one attached hydrogen (secondary N) is 1. The largest absolute Gasteiger partial charge is 0.322 e. The van der Waals surface area contributed by atoms with Gasteiger partial charge in [0.1, 0.15) is 0 Å². The molecule has 122 valence electrons. The average molecular weight is 332 g/mol. The first-order valence-electron chi connectivity index (χ1n) is 7.13. The molecule has 0 spiro atoms. The Hall–Kier alpha value is -2.18. The molecule has 1 amide bonds. The van der Waals surface area contributed by atoms with Crippen molar-refractivity contribution in [3.8, 4) is 0 Å². The van der Waals surface area contributed by atoms with E-state index >= 15 is 0 Å². The zero-order valence-corrected chi connectivity index (χ0v) is 14.1. The lowest BCUT2D eigenvalue weighted by Crippen LogP contribution is -2.21. The Morgan fingerprint density at radius 2 is 1.70 bits per heavy atom. The predicted octanol–water partition coefficient (Wildman–Crippen LogP) is 2.88. The third-order valence-corrected chi connectivity index (χ3v) is 4.31. The second-order valence-electron chi connectivity index (χ2n) is 6.32. The van der Waals surface area contributed by atoms with Crippen LogP contribution in [-0.4, -0.2) is 14.3 Å². The number of carbonyl (C=O) groups is 1. The Morgan fingerprint density at radius 3 is 2.30 bits per heavy atom. The molecule has 0 aliphatic heterocycles. The van der Waals surface area contributed by atoms with Crippen LogP contribution in [0.25, 0.3) is 0 Å². The summed E-state index contributed by atoms with van der Waals surface area (Å²) in [5, 5.41) is 7.83. The average Bonchev–Trinajstić information content (AvgIpc) is 2.46. The van der Waals surface area contributed by atoms with Crippen molar-refractivity contribution in [2.24, 2.45) is 5.14 Å². The van der Waals surface area contributed by atoms with Crippen LogP contribution in [0.4, 0.5) is 5.69 Å². The summed E-state index contributed by atoms with van der Waals surface area (Å²) >= 11 is 0. The van der Waals surface area contributed by atoms with Gasteiger partial charge in [-0.25, -0.2) is 13.6 Å². The van der Waals surface area contributed by atoms with E-state index in [9.17, 15) is 13.2 Å². The number of primary sulfonamides is 1. The summed E-state index contributed by atoms with van der Waals surface area (Å²) in [5.41, 5.74) is 1.67. The molecule has 0 radical (unpaired) electrons. The first-order chi connectivity index (χ1) is 10.6. The van der Waals surface area contributed by atoms with E-state index in [1.54, 1.807) is 18.2 Å². The van der Waals surface area contributed by atoms with Crippen LogP contribution in [0.3, 0.4) is 0 Å². The van der Waals surface area contributed by atoms with E-state index in [4.69, 9.17) is 5.14 Å². The summed E-state index contributed by atoms with van der Waals surface area (Å²) in [6.07, 6.45) is 0. The number of hydrogen-bond donors (Lipinski definition) is 2. The molecule has 0 unspecified atom stereocenters. The molecule has 0 atom stereocenters. The van der Waals surface area contributed by atoms with Crippen molar-refractivity contribution in [3.05, 3.63) is 59.7 Å². The maximum absolute atomic E-state index is 12.6. The maximum Gasteiger partial charge on any atom is 0.255 e. The third-order valence-electron chi connectivity index (χ3n) is 3.40. The van der Waals surface area contributed by atoms with Crippen LogP contribution >= 0.6 is 0 Å². The predicted molar refractivity (Wildman–Crippen MR) is 90.9 cm³/mol. The zero-order chi connectivity index (χ0) is 17.3.